The van der Waals surface area contributed by atoms with E-state index in [0.29, 0.717) is 31.3 Å². The van der Waals surface area contributed by atoms with Crippen LogP contribution >= 0.6 is 0 Å². The standard InChI is InChI=1S/C17H20N4O3/c1-11-5-14(11)17(23)20-8-12-6-18-10-21(12)15(9-20)16(22)19-7-13-3-2-4-24-13/h2-4,6,10-11,14-15H,5,7-9H2,1H3,(H,19,22)/t11-,14-,15+/m1/s1. The van der Waals surface area contributed by atoms with E-state index < -0.39 is 6.04 Å². The molecule has 0 unspecified atom stereocenters. The number of nitrogens with one attached hydrogen (secondary N) is 1. The summed E-state index contributed by atoms with van der Waals surface area (Å²) in [4.78, 5) is 31.1. The van der Waals surface area contributed by atoms with Gasteiger partial charge in [-0.1, -0.05) is 6.92 Å². The summed E-state index contributed by atoms with van der Waals surface area (Å²) in [5.74, 6) is 1.29. The fourth-order valence-corrected chi connectivity index (χ4v) is 3.27. The maximum absolute atomic E-state index is 12.6. The minimum absolute atomic E-state index is 0.117. The zero-order valence-electron chi connectivity index (χ0n) is 13.5. The molecule has 1 fully saturated rings. The maximum Gasteiger partial charge on any atom is 0.245 e. The van der Waals surface area contributed by atoms with Crippen molar-refractivity contribution in [2.45, 2.75) is 32.5 Å². The number of carbonyl (C=O) groups is 2. The molecule has 24 heavy (non-hydrogen) atoms. The van der Waals surface area contributed by atoms with Crippen LogP contribution in [0.5, 0.6) is 0 Å². The Morgan fingerprint density at radius 3 is 3.00 bits per heavy atom. The van der Waals surface area contributed by atoms with Crippen molar-refractivity contribution in [3.8, 4) is 0 Å². The van der Waals surface area contributed by atoms with Crippen molar-refractivity contribution in [1.82, 2.24) is 19.8 Å². The number of fused-ring (bicyclic) bond motifs is 1. The Hall–Kier alpha value is -2.57. The Labute approximate surface area is 139 Å². The summed E-state index contributed by atoms with van der Waals surface area (Å²) in [5, 5.41) is 2.88. The lowest BCUT2D eigenvalue weighted by atomic mass is 10.1. The molecule has 0 spiro atoms. The second kappa shape index (κ2) is 5.81. The number of aromatic nitrogens is 2. The molecule has 1 N–H and O–H groups in total. The van der Waals surface area contributed by atoms with Crippen LogP contribution in [0.1, 0.15) is 30.8 Å². The lowest BCUT2D eigenvalue weighted by Crippen LogP contribution is -2.46. The summed E-state index contributed by atoms with van der Waals surface area (Å²) in [6.07, 6.45) is 5.91. The van der Waals surface area contributed by atoms with Gasteiger partial charge in [-0.3, -0.25) is 9.59 Å². The molecule has 4 rings (SSSR count). The minimum atomic E-state index is -0.454. The third-order valence-electron chi connectivity index (χ3n) is 4.89. The van der Waals surface area contributed by atoms with Gasteiger partial charge in [0.15, 0.2) is 0 Å². The largest absolute Gasteiger partial charge is 0.467 e. The molecule has 0 bridgehead atoms. The summed E-state index contributed by atoms with van der Waals surface area (Å²) in [5.41, 5.74) is 0.890. The van der Waals surface area contributed by atoms with E-state index in [1.165, 1.54) is 0 Å². The second-order valence-electron chi connectivity index (χ2n) is 6.64. The highest BCUT2D eigenvalue weighted by Gasteiger charge is 2.43. The van der Waals surface area contributed by atoms with Crippen molar-refractivity contribution in [2.24, 2.45) is 11.8 Å². The Morgan fingerprint density at radius 1 is 1.46 bits per heavy atom. The summed E-state index contributed by atoms with van der Waals surface area (Å²) in [7, 11) is 0. The fourth-order valence-electron chi connectivity index (χ4n) is 3.27. The number of hydrogen-bond donors (Lipinski definition) is 1. The third-order valence-corrected chi connectivity index (χ3v) is 4.89. The van der Waals surface area contributed by atoms with E-state index in [9.17, 15) is 9.59 Å². The zero-order valence-corrected chi connectivity index (χ0v) is 13.5. The molecular formula is C17H20N4O3. The molecule has 126 valence electrons. The van der Waals surface area contributed by atoms with Gasteiger partial charge in [0.2, 0.25) is 11.8 Å². The number of hydrogen-bond acceptors (Lipinski definition) is 4. The Kier molecular flexibility index (Phi) is 3.63. The fraction of sp³-hybridized carbons (Fsp3) is 0.471. The van der Waals surface area contributed by atoms with Crippen LogP contribution in [-0.4, -0.2) is 32.8 Å². The summed E-state index contributed by atoms with van der Waals surface area (Å²) in [6, 6.07) is 3.14. The van der Waals surface area contributed by atoms with Gasteiger partial charge in [0, 0.05) is 12.1 Å². The smallest absolute Gasteiger partial charge is 0.245 e. The molecule has 3 atom stereocenters. The van der Waals surface area contributed by atoms with Crippen LogP contribution < -0.4 is 5.32 Å². The molecule has 1 aliphatic carbocycles. The van der Waals surface area contributed by atoms with Gasteiger partial charge in [-0.2, -0.15) is 0 Å². The summed E-state index contributed by atoms with van der Waals surface area (Å²) < 4.78 is 7.10. The number of carbonyl (C=O) groups excluding carboxylic acids is 2. The van der Waals surface area contributed by atoms with Crippen molar-refractivity contribution < 1.29 is 14.0 Å². The number of nitrogens with zero attached hydrogens (tertiary/aromatic N) is 3. The van der Waals surface area contributed by atoms with E-state index in [-0.39, 0.29) is 17.7 Å². The molecule has 0 saturated heterocycles. The first kappa shape index (κ1) is 15.0. The van der Waals surface area contributed by atoms with Crippen LogP contribution in [0.2, 0.25) is 0 Å². The van der Waals surface area contributed by atoms with Crippen LogP contribution in [-0.2, 0) is 22.7 Å². The Morgan fingerprint density at radius 2 is 2.29 bits per heavy atom. The summed E-state index contributed by atoms with van der Waals surface area (Å²) >= 11 is 0. The van der Waals surface area contributed by atoms with Gasteiger partial charge in [-0.25, -0.2) is 4.98 Å². The average Bonchev–Trinajstić information content (AvgIpc) is 3.01. The van der Waals surface area contributed by atoms with Crippen LogP contribution in [0.3, 0.4) is 0 Å². The molecule has 2 aromatic heterocycles. The number of imidazole rings is 1. The van der Waals surface area contributed by atoms with Gasteiger partial charge >= 0.3 is 0 Å². The van der Waals surface area contributed by atoms with E-state index in [4.69, 9.17) is 4.42 Å². The maximum atomic E-state index is 12.6. The van der Waals surface area contributed by atoms with E-state index in [1.54, 1.807) is 29.8 Å². The number of furan rings is 1. The van der Waals surface area contributed by atoms with E-state index in [1.807, 2.05) is 10.6 Å². The molecule has 7 heteroatoms. The van der Waals surface area contributed by atoms with Crippen molar-refractivity contribution in [1.29, 1.82) is 0 Å². The normalized spacial score (nSPS) is 25.2. The molecule has 2 amide bonds. The molecule has 0 aromatic carbocycles. The highest BCUT2D eigenvalue weighted by Crippen LogP contribution is 2.40. The van der Waals surface area contributed by atoms with E-state index >= 15 is 0 Å². The molecule has 7 nitrogen and oxygen atoms in total. The SMILES string of the molecule is C[C@@H]1C[C@H]1C(=O)N1Cc2cncn2[C@H](C(=O)NCc2ccco2)C1. The van der Waals surface area contributed by atoms with Crippen LogP contribution in [0.4, 0.5) is 0 Å². The van der Waals surface area contributed by atoms with E-state index in [2.05, 4.69) is 17.2 Å². The van der Waals surface area contributed by atoms with Crippen LogP contribution in [0, 0.1) is 11.8 Å². The van der Waals surface area contributed by atoms with Gasteiger partial charge in [0.25, 0.3) is 0 Å². The highest BCUT2D eigenvalue weighted by molar-refractivity contribution is 5.84. The van der Waals surface area contributed by atoms with Gasteiger partial charge in [-0.05, 0) is 24.5 Å². The van der Waals surface area contributed by atoms with Crippen molar-refractivity contribution in [3.05, 3.63) is 42.4 Å². The Bertz CT molecular complexity index is 752. The van der Waals surface area contributed by atoms with E-state index in [0.717, 1.165) is 12.1 Å². The lowest BCUT2D eigenvalue weighted by molar-refractivity contribution is -0.136. The van der Waals surface area contributed by atoms with Crippen molar-refractivity contribution >= 4 is 11.8 Å². The van der Waals surface area contributed by atoms with Gasteiger partial charge in [-0.15, -0.1) is 0 Å². The quantitative estimate of drug-likeness (QED) is 0.918. The molecule has 3 heterocycles. The van der Waals surface area contributed by atoms with Gasteiger partial charge in [0.05, 0.1) is 37.9 Å². The third kappa shape index (κ3) is 2.70. The zero-order chi connectivity index (χ0) is 16.7. The Balaban J connectivity index is 1.48. The summed E-state index contributed by atoms with van der Waals surface area (Å²) in [6.45, 7) is 3.32. The average molecular weight is 328 g/mol. The highest BCUT2D eigenvalue weighted by atomic mass is 16.3. The van der Waals surface area contributed by atoms with Gasteiger partial charge in [0.1, 0.15) is 11.8 Å². The predicted molar refractivity (Wildman–Crippen MR) is 84.5 cm³/mol. The first-order valence-corrected chi connectivity index (χ1v) is 8.23. The molecule has 0 radical (unpaired) electrons. The predicted octanol–water partition coefficient (Wildman–Crippen LogP) is 1.33. The van der Waals surface area contributed by atoms with Crippen LogP contribution in [0.15, 0.2) is 35.3 Å². The minimum Gasteiger partial charge on any atom is -0.467 e. The van der Waals surface area contributed by atoms with Crippen LogP contribution in [0.25, 0.3) is 0 Å². The van der Waals surface area contributed by atoms with Gasteiger partial charge < -0.3 is 19.2 Å². The molecular weight excluding hydrogens is 308 g/mol. The first-order chi connectivity index (χ1) is 11.6. The monoisotopic (exact) mass is 328 g/mol. The molecule has 2 aliphatic rings. The molecule has 2 aromatic rings. The number of rotatable bonds is 4. The van der Waals surface area contributed by atoms with Crippen molar-refractivity contribution in [2.75, 3.05) is 6.54 Å². The number of amides is 2. The van der Waals surface area contributed by atoms with Crippen molar-refractivity contribution in [3.63, 3.8) is 0 Å². The molecule has 1 aliphatic heterocycles. The lowest BCUT2D eigenvalue weighted by Gasteiger charge is -2.34. The molecule has 1 saturated carbocycles. The second-order valence-corrected chi connectivity index (χ2v) is 6.64. The topological polar surface area (TPSA) is 80.4 Å². The first-order valence-electron chi connectivity index (χ1n) is 8.23.